The van der Waals surface area contributed by atoms with Crippen LogP contribution in [0.3, 0.4) is 0 Å². The van der Waals surface area contributed by atoms with Crippen LogP contribution in [0.4, 0.5) is 0 Å². The van der Waals surface area contributed by atoms with Gasteiger partial charge in [-0.1, -0.05) is 29.3 Å². The lowest BCUT2D eigenvalue weighted by atomic mass is 10.4. The van der Waals surface area contributed by atoms with Crippen molar-refractivity contribution in [3.8, 4) is 0 Å². The summed E-state index contributed by atoms with van der Waals surface area (Å²) in [6, 6.07) is 4.30. The second-order valence-corrected chi connectivity index (χ2v) is 5.63. The molecule has 1 aromatic carbocycles. The average molecular weight is 280 g/mol. The second-order valence-electron chi connectivity index (χ2n) is 3.05. The van der Waals surface area contributed by atoms with Gasteiger partial charge in [0.1, 0.15) is 4.90 Å². The number of nitrogens with one attached hydrogen (secondary N) is 1. The molecule has 0 unspecified atom stereocenters. The molecule has 1 rings (SSSR count). The molecule has 0 amide bonds. The van der Waals surface area contributed by atoms with E-state index in [0.29, 0.717) is 11.4 Å². The summed E-state index contributed by atoms with van der Waals surface area (Å²) < 4.78 is 26.0. The third-order valence-corrected chi connectivity index (χ3v) is 4.00. The molecule has 0 saturated carbocycles. The fourth-order valence-corrected chi connectivity index (χ4v) is 2.86. The van der Waals surface area contributed by atoms with Crippen molar-refractivity contribution in [2.45, 2.75) is 11.3 Å². The summed E-state index contributed by atoms with van der Waals surface area (Å²) in [6.07, 6.45) is 2.18. The Morgan fingerprint density at radius 1 is 1.38 bits per heavy atom. The second kappa shape index (κ2) is 5.68. The Balaban J connectivity index is 2.97. The molecule has 0 aromatic heterocycles. The van der Waals surface area contributed by atoms with Crippen LogP contribution in [0.1, 0.15) is 6.42 Å². The minimum Gasteiger partial charge on any atom is -0.211 e. The number of hydrogen-bond donors (Lipinski definition) is 1. The van der Waals surface area contributed by atoms with E-state index in [-0.39, 0.29) is 16.5 Å². The zero-order valence-electron chi connectivity index (χ0n) is 8.41. The predicted molar refractivity (Wildman–Crippen MR) is 66.5 cm³/mol. The zero-order chi connectivity index (χ0) is 12.2. The van der Waals surface area contributed by atoms with E-state index in [1.807, 2.05) is 0 Å². The lowest BCUT2D eigenvalue weighted by molar-refractivity contribution is 0.582. The third kappa shape index (κ3) is 3.49. The van der Waals surface area contributed by atoms with Crippen LogP contribution in [-0.4, -0.2) is 15.0 Å². The summed E-state index contributed by atoms with van der Waals surface area (Å²) >= 11 is 11.5. The predicted octanol–water partition coefficient (Wildman–Crippen LogP) is 2.85. The first-order valence-corrected chi connectivity index (χ1v) is 6.77. The molecule has 0 aliphatic heterocycles. The molecule has 3 nitrogen and oxygen atoms in total. The van der Waals surface area contributed by atoms with Gasteiger partial charge < -0.3 is 0 Å². The molecule has 16 heavy (non-hydrogen) atoms. The van der Waals surface area contributed by atoms with E-state index < -0.39 is 10.0 Å². The molecule has 0 radical (unpaired) electrons. The van der Waals surface area contributed by atoms with Crippen molar-refractivity contribution in [3.05, 3.63) is 40.9 Å². The molecule has 0 atom stereocenters. The van der Waals surface area contributed by atoms with Crippen LogP contribution >= 0.6 is 23.2 Å². The standard InChI is InChI=1S/C10H11Cl2NO2S/c1-2-3-6-13-16(14,15)10-7-8(11)4-5-9(10)12/h2,4-5,7,13H,1,3,6H2. The van der Waals surface area contributed by atoms with E-state index in [1.165, 1.54) is 18.2 Å². The van der Waals surface area contributed by atoms with Crippen molar-refractivity contribution < 1.29 is 8.42 Å². The van der Waals surface area contributed by atoms with Crippen molar-refractivity contribution in [2.75, 3.05) is 6.54 Å². The lowest BCUT2D eigenvalue weighted by Gasteiger charge is -2.07. The zero-order valence-corrected chi connectivity index (χ0v) is 10.7. The van der Waals surface area contributed by atoms with E-state index >= 15 is 0 Å². The number of hydrogen-bond acceptors (Lipinski definition) is 2. The minimum atomic E-state index is -3.60. The Hall–Kier alpha value is -0.550. The first kappa shape index (κ1) is 13.5. The maximum absolute atomic E-state index is 11.8. The maximum atomic E-state index is 11.8. The van der Waals surface area contributed by atoms with Gasteiger partial charge in [-0.15, -0.1) is 6.58 Å². The number of halogens is 2. The van der Waals surface area contributed by atoms with E-state index in [2.05, 4.69) is 11.3 Å². The van der Waals surface area contributed by atoms with Gasteiger partial charge in [-0.25, -0.2) is 13.1 Å². The summed E-state index contributed by atoms with van der Waals surface area (Å²) in [4.78, 5) is -0.00858. The molecule has 1 N–H and O–H groups in total. The van der Waals surface area contributed by atoms with E-state index in [9.17, 15) is 8.42 Å². The van der Waals surface area contributed by atoms with Crippen LogP contribution in [-0.2, 0) is 10.0 Å². The lowest BCUT2D eigenvalue weighted by Crippen LogP contribution is -2.24. The SMILES string of the molecule is C=CCCNS(=O)(=O)c1cc(Cl)ccc1Cl. The summed E-state index contributed by atoms with van der Waals surface area (Å²) in [5, 5.41) is 0.476. The molecule has 0 saturated heterocycles. The fourth-order valence-electron chi connectivity index (χ4n) is 1.06. The van der Waals surface area contributed by atoms with Crippen LogP contribution in [0, 0.1) is 0 Å². The summed E-state index contributed by atoms with van der Waals surface area (Å²) in [7, 11) is -3.60. The molecule has 88 valence electrons. The topological polar surface area (TPSA) is 46.2 Å². The molecule has 6 heteroatoms. The minimum absolute atomic E-state index is 0.00858. The van der Waals surface area contributed by atoms with Crippen LogP contribution < -0.4 is 4.72 Å². The van der Waals surface area contributed by atoms with Gasteiger partial charge in [0.25, 0.3) is 0 Å². The van der Waals surface area contributed by atoms with Gasteiger partial charge >= 0.3 is 0 Å². The van der Waals surface area contributed by atoms with Crippen molar-refractivity contribution >= 4 is 33.2 Å². The van der Waals surface area contributed by atoms with Gasteiger partial charge in [0, 0.05) is 11.6 Å². The van der Waals surface area contributed by atoms with Crippen LogP contribution in [0.15, 0.2) is 35.7 Å². The Morgan fingerprint density at radius 2 is 2.06 bits per heavy atom. The normalized spacial score (nSPS) is 11.4. The molecular weight excluding hydrogens is 269 g/mol. The Morgan fingerprint density at radius 3 is 2.69 bits per heavy atom. The smallest absolute Gasteiger partial charge is 0.211 e. The van der Waals surface area contributed by atoms with E-state index in [0.717, 1.165) is 0 Å². The molecule has 1 aromatic rings. The largest absolute Gasteiger partial charge is 0.242 e. The molecule has 0 spiro atoms. The maximum Gasteiger partial charge on any atom is 0.242 e. The Bertz CT molecular complexity index is 486. The van der Waals surface area contributed by atoms with Crippen molar-refractivity contribution in [2.24, 2.45) is 0 Å². The molecule has 0 aliphatic carbocycles. The first-order valence-electron chi connectivity index (χ1n) is 4.53. The van der Waals surface area contributed by atoms with Gasteiger partial charge in [-0.05, 0) is 24.6 Å². The average Bonchev–Trinajstić information content (AvgIpc) is 2.22. The molecule has 0 bridgehead atoms. The van der Waals surface area contributed by atoms with E-state index in [4.69, 9.17) is 23.2 Å². The highest BCUT2D eigenvalue weighted by Gasteiger charge is 2.17. The van der Waals surface area contributed by atoms with Gasteiger partial charge in [0.05, 0.1) is 5.02 Å². The Kier molecular flexibility index (Phi) is 4.80. The van der Waals surface area contributed by atoms with Crippen molar-refractivity contribution in [1.29, 1.82) is 0 Å². The number of benzene rings is 1. The molecule has 0 aliphatic rings. The van der Waals surface area contributed by atoms with Crippen molar-refractivity contribution in [1.82, 2.24) is 4.72 Å². The molecular formula is C10H11Cl2NO2S. The highest BCUT2D eigenvalue weighted by atomic mass is 35.5. The first-order chi connectivity index (χ1) is 7.47. The quantitative estimate of drug-likeness (QED) is 0.666. The monoisotopic (exact) mass is 279 g/mol. The fraction of sp³-hybridized carbons (Fsp3) is 0.200. The summed E-state index contributed by atoms with van der Waals surface area (Å²) in [6.45, 7) is 3.79. The third-order valence-electron chi connectivity index (χ3n) is 1.82. The number of sulfonamides is 1. The van der Waals surface area contributed by atoms with Gasteiger partial charge in [0.2, 0.25) is 10.0 Å². The highest BCUT2D eigenvalue weighted by molar-refractivity contribution is 7.89. The van der Waals surface area contributed by atoms with Crippen molar-refractivity contribution in [3.63, 3.8) is 0 Å². The number of rotatable bonds is 5. The molecule has 0 heterocycles. The summed E-state index contributed by atoms with van der Waals surface area (Å²) in [5.41, 5.74) is 0. The van der Waals surface area contributed by atoms with Crippen LogP contribution in [0.2, 0.25) is 10.0 Å². The van der Waals surface area contributed by atoms with E-state index in [1.54, 1.807) is 6.08 Å². The molecule has 0 fully saturated rings. The highest BCUT2D eigenvalue weighted by Crippen LogP contribution is 2.24. The van der Waals surface area contributed by atoms with Gasteiger partial charge in [0.15, 0.2) is 0 Å². The van der Waals surface area contributed by atoms with Crippen LogP contribution in [0.5, 0.6) is 0 Å². The summed E-state index contributed by atoms with van der Waals surface area (Å²) in [5.74, 6) is 0. The van der Waals surface area contributed by atoms with Gasteiger partial charge in [-0.3, -0.25) is 0 Å². The van der Waals surface area contributed by atoms with Gasteiger partial charge in [-0.2, -0.15) is 0 Å². The Labute approximate surface area is 105 Å². The van der Waals surface area contributed by atoms with Crippen LogP contribution in [0.25, 0.3) is 0 Å².